The molecule has 2 N–H and O–H groups in total. The fraction of sp³-hybridized carbons (Fsp3) is 0.333. The van der Waals surface area contributed by atoms with Gasteiger partial charge in [-0.1, -0.05) is 6.07 Å². The van der Waals surface area contributed by atoms with E-state index in [0.29, 0.717) is 11.3 Å². The number of hydrogen-bond acceptors (Lipinski definition) is 4. The van der Waals surface area contributed by atoms with Gasteiger partial charge in [-0.15, -0.1) is 0 Å². The number of nitrogens with one attached hydrogen (secondary N) is 2. The molecule has 0 radical (unpaired) electrons. The maximum Gasteiger partial charge on any atom is 0.274 e. The van der Waals surface area contributed by atoms with Crippen LogP contribution in [0.15, 0.2) is 18.2 Å². The predicted octanol–water partition coefficient (Wildman–Crippen LogP) is 1.37. The van der Waals surface area contributed by atoms with E-state index in [1.807, 2.05) is 0 Å². The lowest BCUT2D eigenvalue weighted by atomic mass is 10.2. The lowest BCUT2D eigenvalue weighted by molar-refractivity contribution is -0.385. The molecule has 0 saturated heterocycles. The zero-order chi connectivity index (χ0) is 14.4. The SMILES string of the molecule is CC(=O)NCCC(=O)Nc1ccc(C)c([N+](=O)[O-])c1. The summed E-state index contributed by atoms with van der Waals surface area (Å²) in [6, 6.07) is 4.48. The summed E-state index contributed by atoms with van der Waals surface area (Å²) in [7, 11) is 0. The van der Waals surface area contributed by atoms with Gasteiger partial charge < -0.3 is 10.6 Å². The Hall–Kier alpha value is -2.44. The van der Waals surface area contributed by atoms with Crippen LogP contribution in [-0.2, 0) is 9.59 Å². The molecule has 7 nitrogen and oxygen atoms in total. The van der Waals surface area contributed by atoms with Crippen LogP contribution in [0.5, 0.6) is 0 Å². The summed E-state index contributed by atoms with van der Waals surface area (Å²) < 4.78 is 0. The molecule has 0 bridgehead atoms. The molecule has 0 heterocycles. The number of anilines is 1. The molecule has 0 aliphatic rings. The average molecular weight is 265 g/mol. The molecule has 1 aromatic rings. The summed E-state index contributed by atoms with van der Waals surface area (Å²) in [4.78, 5) is 32.4. The molecule has 0 atom stereocenters. The molecule has 0 saturated carbocycles. The highest BCUT2D eigenvalue weighted by molar-refractivity contribution is 5.91. The molecule has 1 aromatic carbocycles. The van der Waals surface area contributed by atoms with Gasteiger partial charge in [0.1, 0.15) is 0 Å². The van der Waals surface area contributed by atoms with Crippen molar-refractivity contribution in [1.82, 2.24) is 5.32 Å². The molecule has 0 aliphatic carbocycles. The lowest BCUT2D eigenvalue weighted by Gasteiger charge is -2.06. The van der Waals surface area contributed by atoms with Crippen molar-refractivity contribution < 1.29 is 14.5 Å². The van der Waals surface area contributed by atoms with Crippen LogP contribution in [-0.4, -0.2) is 23.3 Å². The van der Waals surface area contributed by atoms with Crippen molar-refractivity contribution in [2.45, 2.75) is 20.3 Å². The Morgan fingerprint density at radius 2 is 2.05 bits per heavy atom. The van der Waals surface area contributed by atoms with Crippen molar-refractivity contribution >= 4 is 23.2 Å². The standard InChI is InChI=1S/C12H15N3O4/c1-8-3-4-10(7-11(8)15(18)19)14-12(17)5-6-13-9(2)16/h3-4,7H,5-6H2,1-2H3,(H,13,16)(H,14,17). The summed E-state index contributed by atoms with van der Waals surface area (Å²) >= 11 is 0. The lowest BCUT2D eigenvalue weighted by Crippen LogP contribution is -2.25. The Kier molecular flexibility index (Phi) is 4.99. The van der Waals surface area contributed by atoms with Crippen LogP contribution in [0.25, 0.3) is 0 Å². The number of aryl methyl sites for hydroxylation is 1. The molecule has 0 fully saturated rings. The number of nitrogens with zero attached hydrogens (tertiary/aromatic N) is 1. The number of rotatable bonds is 5. The van der Waals surface area contributed by atoms with E-state index >= 15 is 0 Å². The molecule has 102 valence electrons. The first kappa shape index (κ1) is 14.6. The number of benzene rings is 1. The van der Waals surface area contributed by atoms with Crippen LogP contribution in [0, 0.1) is 17.0 Å². The molecule has 0 spiro atoms. The Balaban J connectivity index is 2.62. The van der Waals surface area contributed by atoms with Gasteiger partial charge in [-0.2, -0.15) is 0 Å². The van der Waals surface area contributed by atoms with Crippen molar-refractivity contribution in [3.05, 3.63) is 33.9 Å². The minimum absolute atomic E-state index is 0.0420. The third kappa shape index (κ3) is 4.74. The van der Waals surface area contributed by atoms with Crippen molar-refractivity contribution in [2.24, 2.45) is 0 Å². The first-order valence-electron chi connectivity index (χ1n) is 5.69. The van der Waals surface area contributed by atoms with Crippen LogP contribution in [0.4, 0.5) is 11.4 Å². The van der Waals surface area contributed by atoms with E-state index in [1.165, 1.54) is 13.0 Å². The van der Waals surface area contributed by atoms with Gasteiger partial charge in [0.15, 0.2) is 0 Å². The third-order valence-electron chi connectivity index (χ3n) is 2.42. The highest BCUT2D eigenvalue weighted by atomic mass is 16.6. The Morgan fingerprint density at radius 1 is 1.37 bits per heavy atom. The number of nitro groups is 1. The topological polar surface area (TPSA) is 101 Å². The van der Waals surface area contributed by atoms with Crippen molar-refractivity contribution in [3.63, 3.8) is 0 Å². The molecular weight excluding hydrogens is 250 g/mol. The molecule has 19 heavy (non-hydrogen) atoms. The van der Waals surface area contributed by atoms with Crippen molar-refractivity contribution in [2.75, 3.05) is 11.9 Å². The summed E-state index contributed by atoms with van der Waals surface area (Å²) in [6.07, 6.45) is 0.112. The van der Waals surface area contributed by atoms with E-state index in [1.54, 1.807) is 19.1 Å². The largest absolute Gasteiger partial charge is 0.356 e. The van der Waals surface area contributed by atoms with E-state index in [-0.39, 0.29) is 30.5 Å². The fourth-order valence-corrected chi connectivity index (χ4v) is 1.46. The maximum absolute atomic E-state index is 11.5. The molecular formula is C12H15N3O4. The van der Waals surface area contributed by atoms with Crippen LogP contribution in [0.2, 0.25) is 0 Å². The zero-order valence-corrected chi connectivity index (χ0v) is 10.7. The van der Waals surface area contributed by atoms with Crippen molar-refractivity contribution in [1.29, 1.82) is 0 Å². The van der Waals surface area contributed by atoms with E-state index in [4.69, 9.17) is 0 Å². The number of carbonyl (C=O) groups is 2. The average Bonchev–Trinajstić information content (AvgIpc) is 2.30. The highest BCUT2D eigenvalue weighted by Gasteiger charge is 2.12. The molecule has 7 heteroatoms. The van der Waals surface area contributed by atoms with Crippen molar-refractivity contribution in [3.8, 4) is 0 Å². The maximum atomic E-state index is 11.5. The van der Waals surface area contributed by atoms with Gasteiger partial charge >= 0.3 is 0 Å². The van der Waals surface area contributed by atoms with Crippen LogP contribution >= 0.6 is 0 Å². The number of nitro benzene ring substituents is 1. The third-order valence-corrected chi connectivity index (χ3v) is 2.42. The van der Waals surface area contributed by atoms with Crippen LogP contribution < -0.4 is 10.6 Å². The molecule has 0 aliphatic heterocycles. The van der Waals surface area contributed by atoms with Gasteiger partial charge in [0.25, 0.3) is 5.69 Å². The van der Waals surface area contributed by atoms with Crippen LogP contribution in [0.1, 0.15) is 18.9 Å². The van der Waals surface area contributed by atoms with Gasteiger partial charge in [0.05, 0.1) is 4.92 Å². The summed E-state index contributed by atoms with van der Waals surface area (Å²) in [5, 5.41) is 15.8. The molecule has 2 amide bonds. The molecule has 0 aromatic heterocycles. The second kappa shape index (κ2) is 6.48. The Bertz CT molecular complexity index is 514. The summed E-state index contributed by atoms with van der Waals surface area (Å²) in [6.45, 7) is 3.22. The minimum atomic E-state index is -0.498. The summed E-state index contributed by atoms with van der Waals surface area (Å²) in [5.41, 5.74) is 0.853. The quantitative estimate of drug-likeness (QED) is 0.620. The Morgan fingerprint density at radius 3 is 2.63 bits per heavy atom. The van der Waals surface area contributed by atoms with Gasteiger partial charge in [-0.25, -0.2) is 0 Å². The fourth-order valence-electron chi connectivity index (χ4n) is 1.46. The van der Waals surface area contributed by atoms with E-state index < -0.39 is 4.92 Å². The number of amides is 2. The van der Waals surface area contributed by atoms with E-state index in [0.717, 1.165) is 0 Å². The van der Waals surface area contributed by atoms with Gasteiger partial charge in [0, 0.05) is 37.2 Å². The van der Waals surface area contributed by atoms with Gasteiger partial charge in [-0.05, 0) is 13.0 Å². The smallest absolute Gasteiger partial charge is 0.274 e. The van der Waals surface area contributed by atoms with Gasteiger partial charge in [-0.3, -0.25) is 19.7 Å². The number of carbonyl (C=O) groups excluding carboxylic acids is 2. The second-order valence-corrected chi connectivity index (χ2v) is 4.04. The Labute approximate surface area is 110 Å². The number of hydrogen-bond donors (Lipinski definition) is 2. The minimum Gasteiger partial charge on any atom is -0.356 e. The zero-order valence-electron chi connectivity index (χ0n) is 10.7. The highest BCUT2D eigenvalue weighted by Crippen LogP contribution is 2.22. The predicted molar refractivity (Wildman–Crippen MR) is 69.8 cm³/mol. The first-order valence-corrected chi connectivity index (χ1v) is 5.69. The van der Waals surface area contributed by atoms with E-state index in [2.05, 4.69) is 10.6 Å². The molecule has 0 unspecified atom stereocenters. The molecule has 1 rings (SSSR count). The monoisotopic (exact) mass is 265 g/mol. The normalized spacial score (nSPS) is 9.79. The first-order chi connectivity index (χ1) is 8.90. The summed E-state index contributed by atoms with van der Waals surface area (Å²) in [5.74, 6) is -0.523. The second-order valence-electron chi connectivity index (χ2n) is 4.04. The van der Waals surface area contributed by atoms with Crippen LogP contribution in [0.3, 0.4) is 0 Å². The van der Waals surface area contributed by atoms with E-state index in [9.17, 15) is 19.7 Å². The van der Waals surface area contributed by atoms with Gasteiger partial charge in [0.2, 0.25) is 11.8 Å².